The summed E-state index contributed by atoms with van der Waals surface area (Å²) in [5.74, 6) is -3.99. The van der Waals surface area contributed by atoms with Crippen LogP contribution in [0.5, 0.6) is 0 Å². The van der Waals surface area contributed by atoms with Gasteiger partial charge in [-0.1, -0.05) is 13.8 Å². The number of hydrogen-bond donors (Lipinski definition) is 0. The number of Topliss-reactive ketones (excluding diaryl/α,β-unsaturated/α-hetero) is 1. The van der Waals surface area contributed by atoms with Crippen LogP contribution in [0.15, 0.2) is 18.2 Å². The van der Waals surface area contributed by atoms with Crippen LogP contribution in [0.3, 0.4) is 0 Å². The van der Waals surface area contributed by atoms with Crippen molar-refractivity contribution in [1.82, 2.24) is 4.90 Å². The summed E-state index contributed by atoms with van der Waals surface area (Å²) in [6.45, 7) is 3.11. The summed E-state index contributed by atoms with van der Waals surface area (Å²) >= 11 is 0. The van der Waals surface area contributed by atoms with Gasteiger partial charge in [0, 0.05) is 0 Å². The fraction of sp³-hybridized carbons (Fsp3) is 0.400. The molecule has 110 valence electrons. The number of carbonyl (C=O) groups is 3. The van der Waals surface area contributed by atoms with Crippen LogP contribution in [0.1, 0.15) is 24.2 Å². The quantitative estimate of drug-likeness (QED) is 0.630. The van der Waals surface area contributed by atoms with Crippen molar-refractivity contribution in [2.24, 2.45) is 17.3 Å². The van der Waals surface area contributed by atoms with Crippen molar-refractivity contribution in [1.29, 1.82) is 0 Å². The average molecular weight is 293 g/mol. The maximum absolute atomic E-state index is 13.5. The van der Waals surface area contributed by atoms with Gasteiger partial charge in [-0.15, -0.1) is 0 Å². The molecule has 2 aliphatic rings. The second-order valence-corrected chi connectivity index (χ2v) is 6.09. The van der Waals surface area contributed by atoms with E-state index in [9.17, 15) is 23.2 Å². The smallest absolute Gasteiger partial charge is 0.234 e. The second kappa shape index (κ2) is 4.19. The SMILES string of the molecule is CC1(C)C2C(=O)N(CC(=O)c3cc(F)ccc3F)C(=O)C21. The highest BCUT2D eigenvalue weighted by atomic mass is 19.1. The standard InChI is InChI=1S/C15H13F2NO3/c1-15(2)11-12(15)14(21)18(13(11)20)6-10(19)8-5-7(16)3-4-9(8)17/h3-5,11-12H,6H2,1-2H3. The molecular weight excluding hydrogens is 280 g/mol. The molecule has 2 fully saturated rings. The van der Waals surface area contributed by atoms with Crippen molar-refractivity contribution in [2.45, 2.75) is 13.8 Å². The zero-order valence-corrected chi connectivity index (χ0v) is 11.5. The Morgan fingerprint density at radius 2 is 1.76 bits per heavy atom. The molecular formula is C15H13F2NO3. The lowest BCUT2D eigenvalue weighted by atomic mass is 10.0. The van der Waals surface area contributed by atoms with E-state index >= 15 is 0 Å². The van der Waals surface area contributed by atoms with Gasteiger partial charge in [-0.2, -0.15) is 0 Å². The highest BCUT2D eigenvalue weighted by Crippen LogP contribution is 2.63. The van der Waals surface area contributed by atoms with E-state index in [4.69, 9.17) is 0 Å². The number of nitrogens with zero attached hydrogens (tertiary/aromatic N) is 1. The van der Waals surface area contributed by atoms with Crippen molar-refractivity contribution < 1.29 is 23.2 Å². The predicted molar refractivity (Wildman–Crippen MR) is 68.2 cm³/mol. The monoisotopic (exact) mass is 293 g/mol. The van der Waals surface area contributed by atoms with Crippen molar-refractivity contribution in [3.63, 3.8) is 0 Å². The zero-order chi connectivity index (χ0) is 15.5. The molecule has 2 unspecified atom stereocenters. The maximum Gasteiger partial charge on any atom is 0.234 e. The highest BCUT2D eigenvalue weighted by molar-refractivity contribution is 6.13. The molecule has 0 spiro atoms. The number of halogens is 2. The largest absolute Gasteiger partial charge is 0.292 e. The molecule has 21 heavy (non-hydrogen) atoms. The number of rotatable bonds is 3. The van der Waals surface area contributed by atoms with E-state index in [0.29, 0.717) is 0 Å². The minimum Gasteiger partial charge on any atom is -0.292 e. The van der Waals surface area contributed by atoms with Gasteiger partial charge >= 0.3 is 0 Å². The molecule has 1 heterocycles. The first-order valence-electron chi connectivity index (χ1n) is 6.58. The lowest BCUT2D eigenvalue weighted by Gasteiger charge is -2.19. The van der Waals surface area contributed by atoms with E-state index in [1.54, 1.807) is 0 Å². The Hall–Kier alpha value is -2.11. The summed E-state index contributed by atoms with van der Waals surface area (Å²) in [5, 5.41) is 0. The minimum atomic E-state index is -0.869. The number of fused-ring (bicyclic) bond motifs is 1. The first-order valence-corrected chi connectivity index (χ1v) is 6.58. The summed E-state index contributed by atoms with van der Waals surface area (Å²) in [4.78, 5) is 37.0. The highest BCUT2D eigenvalue weighted by Gasteiger charge is 2.72. The van der Waals surface area contributed by atoms with Gasteiger partial charge in [0.05, 0.1) is 23.9 Å². The van der Waals surface area contributed by atoms with E-state index in [1.807, 2.05) is 13.8 Å². The number of hydrogen-bond acceptors (Lipinski definition) is 3. The van der Waals surface area contributed by atoms with Crippen LogP contribution in [0.4, 0.5) is 8.78 Å². The van der Waals surface area contributed by atoms with Gasteiger partial charge in [-0.05, 0) is 23.6 Å². The minimum absolute atomic E-state index is 0.363. The Labute approximate surface area is 119 Å². The maximum atomic E-state index is 13.5. The Morgan fingerprint density at radius 3 is 2.33 bits per heavy atom. The second-order valence-electron chi connectivity index (χ2n) is 6.09. The number of ketones is 1. The van der Waals surface area contributed by atoms with Gasteiger partial charge in [-0.25, -0.2) is 8.78 Å². The topological polar surface area (TPSA) is 54.5 Å². The van der Waals surface area contributed by atoms with Crippen LogP contribution in [0.25, 0.3) is 0 Å². The van der Waals surface area contributed by atoms with Crippen LogP contribution in [-0.4, -0.2) is 29.0 Å². The van der Waals surface area contributed by atoms with Crippen LogP contribution in [-0.2, 0) is 9.59 Å². The van der Waals surface area contributed by atoms with Gasteiger partial charge in [0.15, 0.2) is 5.78 Å². The van der Waals surface area contributed by atoms with E-state index in [2.05, 4.69) is 0 Å². The third-order valence-electron chi connectivity index (χ3n) is 4.42. The van der Waals surface area contributed by atoms with Gasteiger partial charge in [0.1, 0.15) is 11.6 Å². The van der Waals surface area contributed by atoms with E-state index in [1.165, 1.54) is 0 Å². The molecule has 0 bridgehead atoms. The first-order chi connectivity index (χ1) is 9.75. The molecule has 2 atom stereocenters. The molecule has 1 aliphatic heterocycles. The summed E-state index contributed by atoms with van der Waals surface area (Å²) in [7, 11) is 0. The summed E-state index contributed by atoms with van der Waals surface area (Å²) in [6, 6.07) is 2.51. The molecule has 1 saturated heterocycles. The molecule has 0 radical (unpaired) electrons. The number of carbonyl (C=O) groups excluding carboxylic acids is 3. The third kappa shape index (κ3) is 1.89. The van der Waals surface area contributed by atoms with Gasteiger partial charge in [0.25, 0.3) is 0 Å². The molecule has 1 aromatic carbocycles. The van der Waals surface area contributed by atoms with E-state index in [-0.39, 0.29) is 5.41 Å². The normalized spacial score (nSPS) is 26.0. The molecule has 1 saturated carbocycles. The van der Waals surface area contributed by atoms with E-state index < -0.39 is 53.2 Å². The Balaban J connectivity index is 1.79. The van der Waals surface area contributed by atoms with Crippen LogP contribution in [0, 0.1) is 28.9 Å². The molecule has 0 N–H and O–H groups in total. The summed E-state index contributed by atoms with van der Waals surface area (Å²) < 4.78 is 26.6. The molecule has 6 heteroatoms. The van der Waals surface area contributed by atoms with Gasteiger partial charge in [-0.3, -0.25) is 19.3 Å². The van der Waals surface area contributed by atoms with Gasteiger partial charge in [0.2, 0.25) is 11.8 Å². The number of benzene rings is 1. The molecule has 1 aromatic rings. The average Bonchev–Trinajstić information content (AvgIpc) is 2.89. The fourth-order valence-electron chi connectivity index (χ4n) is 3.10. The lowest BCUT2D eigenvalue weighted by molar-refractivity contribution is -0.142. The van der Waals surface area contributed by atoms with E-state index in [0.717, 1.165) is 23.1 Å². The van der Waals surface area contributed by atoms with Crippen molar-refractivity contribution >= 4 is 17.6 Å². The number of amides is 2. The van der Waals surface area contributed by atoms with Crippen molar-refractivity contribution in [2.75, 3.05) is 6.54 Å². The molecule has 2 amide bonds. The van der Waals surface area contributed by atoms with Crippen LogP contribution < -0.4 is 0 Å². The third-order valence-corrected chi connectivity index (χ3v) is 4.42. The molecule has 0 aromatic heterocycles. The summed E-state index contributed by atoms with van der Waals surface area (Å²) in [6.07, 6.45) is 0. The zero-order valence-electron chi connectivity index (χ0n) is 11.5. The summed E-state index contributed by atoms with van der Waals surface area (Å²) in [5.41, 5.74) is -0.812. The molecule has 1 aliphatic carbocycles. The number of imide groups is 1. The number of likely N-dealkylation sites (tertiary alicyclic amines) is 1. The van der Waals surface area contributed by atoms with Crippen LogP contribution in [0.2, 0.25) is 0 Å². The van der Waals surface area contributed by atoms with Crippen molar-refractivity contribution in [3.8, 4) is 0 Å². The lowest BCUT2D eigenvalue weighted by Crippen LogP contribution is -2.40. The molecule has 3 rings (SSSR count). The molecule has 4 nitrogen and oxygen atoms in total. The van der Waals surface area contributed by atoms with Gasteiger partial charge < -0.3 is 0 Å². The Kier molecular flexibility index (Phi) is 2.77. The Morgan fingerprint density at radius 1 is 1.19 bits per heavy atom. The fourth-order valence-corrected chi connectivity index (χ4v) is 3.10. The van der Waals surface area contributed by atoms with Crippen molar-refractivity contribution in [3.05, 3.63) is 35.4 Å². The number of piperidine rings is 1. The predicted octanol–water partition coefficient (Wildman–Crippen LogP) is 1.79. The first kappa shape index (κ1) is 13.9. The Bertz CT molecular complexity index is 659. The van der Waals surface area contributed by atoms with Crippen LogP contribution >= 0.6 is 0 Å².